The van der Waals surface area contributed by atoms with Gasteiger partial charge in [0.2, 0.25) is 0 Å². The molecule has 0 saturated heterocycles. The summed E-state index contributed by atoms with van der Waals surface area (Å²) in [6.07, 6.45) is 1.66. The summed E-state index contributed by atoms with van der Waals surface area (Å²) in [5, 5.41) is 7.85. The van der Waals surface area contributed by atoms with Crippen LogP contribution in [0.4, 0.5) is 0 Å². The van der Waals surface area contributed by atoms with Crippen LogP contribution in [0.1, 0.15) is 5.69 Å². The first-order valence-electron chi connectivity index (χ1n) is 3.40. The summed E-state index contributed by atoms with van der Waals surface area (Å²) >= 11 is 1.83. The van der Waals surface area contributed by atoms with Crippen molar-refractivity contribution in [2.75, 3.05) is 0 Å². The number of aryl methyl sites for hydroxylation is 1. The van der Waals surface area contributed by atoms with Crippen LogP contribution in [0.25, 0.3) is 11.0 Å². The van der Waals surface area contributed by atoms with Crippen molar-refractivity contribution in [2.45, 2.75) is 6.92 Å². The number of pyridine rings is 1. The first-order valence-corrected chi connectivity index (χ1v) is 4.28. The van der Waals surface area contributed by atoms with Crippen LogP contribution in [0, 0.1) is 6.92 Å². The highest BCUT2D eigenvalue weighted by molar-refractivity contribution is 14.1. The molecule has 0 bridgehead atoms. The molecule has 0 atom stereocenters. The van der Waals surface area contributed by atoms with Crippen LogP contribution in [0.2, 0.25) is 0 Å². The van der Waals surface area contributed by atoms with Crippen LogP contribution < -0.4 is 3.07 Å². The van der Waals surface area contributed by atoms with Crippen molar-refractivity contribution in [2.24, 2.45) is 0 Å². The SMILES string of the molecule is Cc1n[nH]c2ncc(OI)cc12. The molecular weight excluding hydrogens is 269 g/mol. The van der Waals surface area contributed by atoms with Crippen molar-refractivity contribution in [3.8, 4) is 5.75 Å². The minimum atomic E-state index is 0.743. The molecule has 0 fully saturated rings. The van der Waals surface area contributed by atoms with Gasteiger partial charge in [0.15, 0.2) is 34.4 Å². The molecule has 0 unspecified atom stereocenters. The molecule has 0 aliphatic carbocycles. The van der Waals surface area contributed by atoms with E-state index < -0.39 is 0 Å². The molecule has 4 nitrogen and oxygen atoms in total. The van der Waals surface area contributed by atoms with Crippen molar-refractivity contribution in [1.82, 2.24) is 15.2 Å². The number of hydrogen-bond donors (Lipinski definition) is 1. The lowest BCUT2D eigenvalue weighted by Crippen LogP contribution is -1.79. The standard InChI is InChI=1S/C7H6IN3O/c1-4-6-2-5(12-8)3-9-7(6)11-10-4/h2-3H,1H3,(H,9,10,11). The number of H-pyrrole nitrogens is 1. The van der Waals surface area contributed by atoms with E-state index in [0.717, 1.165) is 22.5 Å². The molecule has 0 saturated carbocycles. The van der Waals surface area contributed by atoms with Crippen molar-refractivity contribution < 1.29 is 3.07 Å². The number of aromatic nitrogens is 3. The second-order valence-corrected chi connectivity index (χ2v) is 2.89. The molecule has 2 heterocycles. The second-order valence-electron chi connectivity index (χ2n) is 2.45. The minimum absolute atomic E-state index is 0.743. The van der Waals surface area contributed by atoms with Crippen LogP contribution in [0.3, 0.4) is 0 Å². The predicted molar refractivity (Wildman–Crippen MR) is 53.3 cm³/mol. The van der Waals surface area contributed by atoms with E-state index in [0.29, 0.717) is 0 Å². The molecule has 2 aromatic rings. The summed E-state index contributed by atoms with van der Waals surface area (Å²) < 4.78 is 5.01. The first-order chi connectivity index (χ1) is 5.81. The zero-order valence-electron chi connectivity index (χ0n) is 6.34. The van der Waals surface area contributed by atoms with Crippen LogP contribution in [0.5, 0.6) is 5.75 Å². The topological polar surface area (TPSA) is 50.8 Å². The fourth-order valence-electron chi connectivity index (χ4n) is 1.05. The Morgan fingerprint density at radius 3 is 3.17 bits per heavy atom. The van der Waals surface area contributed by atoms with Gasteiger partial charge in [-0.15, -0.1) is 0 Å². The van der Waals surface area contributed by atoms with Gasteiger partial charge in [-0.1, -0.05) is 0 Å². The Morgan fingerprint density at radius 1 is 1.58 bits per heavy atom. The van der Waals surface area contributed by atoms with Gasteiger partial charge in [-0.2, -0.15) is 5.10 Å². The Balaban J connectivity index is 2.71. The van der Waals surface area contributed by atoms with Gasteiger partial charge in [0.1, 0.15) is 0 Å². The van der Waals surface area contributed by atoms with E-state index in [1.165, 1.54) is 0 Å². The predicted octanol–water partition coefficient (Wildman–Crippen LogP) is 2.00. The summed E-state index contributed by atoms with van der Waals surface area (Å²) in [4.78, 5) is 4.12. The monoisotopic (exact) mass is 275 g/mol. The Bertz CT molecular complexity index is 412. The van der Waals surface area contributed by atoms with E-state index in [4.69, 9.17) is 3.07 Å². The van der Waals surface area contributed by atoms with Crippen LogP contribution in [-0.2, 0) is 0 Å². The van der Waals surface area contributed by atoms with Gasteiger partial charge in [-0.3, -0.25) is 5.10 Å². The Labute approximate surface area is 83.0 Å². The average Bonchev–Trinajstić information content (AvgIpc) is 2.47. The lowest BCUT2D eigenvalue weighted by atomic mass is 10.3. The van der Waals surface area contributed by atoms with Crippen LogP contribution >= 0.6 is 23.0 Å². The van der Waals surface area contributed by atoms with Crippen molar-refractivity contribution in [3.05, 3.63) is 18.0 Å². The zero-order valence-corrected chi connectivity index (χ0v) is 8.49. The molecule has 5 heteroatoms. The van der Waals surface area contributed by atoms with E-state index in [1.807, 2.05) is 36.0 Å². The highest BCUT2D eigenvalue weighted by Crippen LogP contribution is 2.20. The number of rotatable bonds is 1. The molecule has 0 aliphatic heterocycles. The molecule has 0 amide bonds. The lowest BCUT2D eigenvalue weighted by Gasteiger charge is -1.94. The maximum atomic E-state index is 5.01. The van der Waals surface area contributed by atoms with E-state index in [9.17, 15) is 0 Å². The summed E-state index contributed by atoms with van der Waals surface area (Å²) in [5.41, 5.74) is 1.73. The van der Waals surface area contributed by atoms with Crippen molar-refractivity contribution in [1.29, 1.82) is 0 Å². The quantitative estimate of drug-likeness (QED) is 0.810. The van der Waals surface area contributed by atoms with Crippen LogP contribution in [-0.4, -0.2) is 15.2 Å². The van der Waals surface area contributed by atoms with Gasteiger partial charge >= 0.3 is 0 Å². The molecule has 0 aliphatic rings. The van der Waals surface area contributed by atoms with Gasteiger partial charge in [0.25, 0.3) is 0 Å². The number of nitrogens with zero attached hydrogens (tertiary/aromatic N) is 2. The summed E-state index contributed by atoms with van der Waals surface area (Å²) in [5.74, 6) is 0.743. The zero-order chi connectivity index (χ0) is 8.55. The fraction of sp³-hybridized carbons (Fsp3) is 0.143. The van der Waals surface area contributed by atoms with E-state index in [1.54, 1.807) is 6.20 Å². The Morgan fingerprint density at radius 2 is 2.42 bits per heavy atom. The molecule has 0 radical (unpaired) electrons. The summed E-state index contributed by atoms with van der Waals surface area (Å²) in [7, 11) is 0. The molecule has 12 heavy (non-hydrogen) atoms. The van der Waals surface area contributed by atoms with E-state index in [-0.39, 0.29) is 0 Å². The Hall–Kier alpha value is -0.850. The normalized spacial score (nSPS) is 10.5. The third-order valence-electron chi connectivity index (χ3n) is 1.67. The van der Waals surface area contributed by atoms with Gasteiger partial charge in [-0.25, -0.2) is 4.98 Å². The second kappa shape index (κ2) is 2.89. The molecule has 0 aromatic carbocycles. The van der Waals surface area contributed by atoms with Crippen molar-refractivity contribution in [3.63, 3.8) is 0 Å². The largest absolute Gasteiger partial charge is 0.426 e. The highest BCUT2D eigenvalue weighted by Gasteiger charge is 2.03. The number of fused-ring (bicyclic) bond motifs is 1. The smallest absolute Gasteiger partial charge is 0.192 e. The highest BCUT2D eigenvalue weighted by atomic mass is 127. The number of halogens is 1. The van der Waals surface area contributed by atoms with Crippen LogP contribution in [0.15, 0.2) is 12.3 Å². The molecule has 2 aromatic heterocycles. The van der Waals surface area contributed by atoms with E-state index >= 15 is 0 Å². The molecule has 0 spiro atoms. The van der Waals surface area contributed by atoms with Gasteiger partial charge in [0.05, 0.1) is 11.9 Å². The molecule has 1 N–H and O–H groups in total. The number of nitrogens with one attached hydrogen (secondary N) is 1. The molecule has 62 valence electrons. The van der Waals surface area contributed by atoms with E-state index in [2.05, 4.69) is 15.2 Å². The maximum absolute atomic E-state index is 5.01. The minimum Gasteiger partial charge on any atom is -0.426 e. The third-order valence-corrected chi connectivity index (χ3v) is 2.18. The number of aromatic amines is 1. The Kier molecular flexibility index (Phi) is 1.87. The summed E-state index contributed by atoms with van der Waals surface area (Å²) in [6, 6.07) is 1.91. The summed E-state index contributed by atoms with van der Waals surface area (Å²) in [6.45, 7) is 1.93. The van der Waals surface area contributed by atoms with Gasteiger partial charge < -0.3 is 3.07 Å². The molecule has 2 rings (SSSR count). The molecular formula is C7H6IN3O. The lowest BCUT2D eigenvalue weighted by molar-refractivity contribution is 0.713. The van der Waals surface area contributed by atoms with Crippen molar-refractivity contribution >= 4 is 34.0 Å². The van der Waals surface area contributed by atoms with Gasteiger partial charge in [0, 0.05) is 5.39 Å². The fourth-order valence-corrected chi connectivity index (χ4v) is 1.29. The number of hydrogen-bond acceptors (Lipinski definition) is 3. The first kappa shape index (κ1) is 7.78. The maximum Gasteiger partial charge on any atom is 0.192 e. The van der Waals surface area contributed by atoms with Gasteiger partial charge in [-0.05, 0) is 13.0 Å². The average molecular weight is 275 g/mol. The third kappa shape index (κ3) is 1.13.